The normalized spacial score (nSPS) is 12.3. The molecule has 1 N–H and O–H groups in total. The number of hydrogen-bond acceptors (Lipinski definition) is 8. The van der Waals surface area contributed by atoms with Crippen LogP contribution in [0.5, 0.6) is 5.75 Å². The summed E-state index contributed by atoms with van der Waals surface area (Å²) in [5, 5.41) is 2.56. The van der Waals surface area contributed by atoms with E-state index < -0.39 is 36.5 Å². The highest BCUT2D eigenvalue weighted by molar-refractivity contribution is 5.96. The van der Waals surface area contributed by atoms with Crippen LogP contribution >= 0.6 is 0 Å². The van der Waals surface area contributed by atoms with Gasteiger partial charge in [-0.25, -0.2) is 14.4 Å². The average molecular weight is 395 g/mol. The maximum atomic E-state index is 12.2. The van der Waals surface area contributed by atoms with Crippen molar-refractivity contribution in [3.8, 4) is 5.75 Å². The molecule has 0 aromatic heterocycles. The van der Waals surface area contributed by atoms with Gasteiger partial charge in [-0.2, -0.15) is 0 Å². The fourth-order valence-corrected chi connectivity index (χ4v) is 2.31. The molecule has 28 heavy (non-hydrogen) atoms. The molecule has 1 amide bonds. The predicted molar refractivity (Wildman–Crippen MR) is 98.0 cm³/mol. The summed E-state index contributed by atoms with van der Waals surface area (Å²) in [7, 11) is 3.64. The summed E-state index contributed by atoms with van der Waals surface area (Å²) >= 11 is 0. The molecule has 1 aromatic rings. The van der Waals surface area contributed by atoms with E-state index in [1.165, 1.54) is 39.5 Å². The Bertz CT molecular complexity index is 696. The highest BCUT2D eigenvalue weighted by Gasteiger charge is 2.26. The summed E-state index contributed by atoms with van der Waals surface area (Å²) in [6, 6.07) is 3.15. The summed E-state index contributed by atoms with van der Waals surface area (Å²) in [6.45, 7) is 3.26. The zero-order chi connectivity index (χ0) is 21.3. The van der Waals surface area contributed by atoms with E-state index in [4.69, 9.17) is 9.47 Å². The molecule has 1 rings (SSSR count). The quantitative estimate of drug-likeness (QED) is 0.492. The van der Waals surface area contributed by atoms with E-state index in [-0.39, 0.29) is 22.8 Å². The molecule has 1 aromatic carbocycles. The molecule has 0 spiro atoms. The maximum absolute atomic E-state index is 12.2. The molecule has 9 nitrogen and oxygen atoms in total. The Morgan fingerprint density at radius 3 is 1.89 bits per heavy atom. The first kappa shape index (κ1) is 22.9. The summed E-state index contributed by atoms with van der Waals surface area (Å²) in [5.74, 6) is -2.51. The van der Waals surface area contributed by atoms with Crippen LogP contribution in [-0.2, 0) is 23.8 Å². The summed E-state index contributed by atoms with van der Waals surface area (Å²) in [5.41, 5.74) is 0.126. The molecule has 0 bridgehead atoms. The van der Waals surface area contributed by atoms with Gasteiger partial charge in [0.15, 0.2) is 6.61 Å². The molecule has 0 fully saturated rings. The highest BCUT2D eigenvalue weighted by atomic mass is 16.5. The second kappa shape index (κ2) is 10.9. The number of carbonyl (C=O) groups is 4. The summed E-state index contributed by atoms with van der Waals surface area (Å²) in [6.07, 6.45) is 0.657. The monoisotopic (exact) mass is 395 g/mol. The van der Waals surface area contributed by atoms with E-state index in [0.29, 0.717) is 6.42 Å². The number of nitrogens with one attached hydrogen (secondary N) is 1. The van der Waals surface area contributed by atoms with Gasteiger partial charge in [0, 0.05) is 0 Å². The smallest absolute Gasteiger partial charge is 0.338 e. The topological polar surface area (TPSA) is 117 Å². The second-order valence-corrected chi connectivity index (χ2v) is 5.97. The number of benzene rings is 1. The van der Waals surface area contributed by atoms with E-state index >= 15 is 0 Å². The van der Waals surface area contributed by atoms with Crippen molar-refractivity contribution < 1.29 is 38.1 Å². The molecule has 0 heterocycles. The molecular formula is C19H25NO8. The zero-order valence-corrected chi connectivity index (χ0v) is 16.6. The van der Waals surface area contributed by atoms with Crippen molar-refractivity contribution in [2.75, 3.05) is 27.9 Å². The number of ether oxygens (including phenoxy) is 4. The lowest BCUT2D eigenvalue weighted by Gasteiger charge is -2.21. The number of rotatable bonds is 9. The van der Waals surface area contributed by atoms with Gasteiger partial charge in [-0.15, -0.1) is 0 Å². The van der Waals surface area contributed by atoms with Crippen LogP contribution in [0.1, 0.15) is 41.0 Å². The lowest BCUT2D eigenvalue weighted by Crippen LogP contribution is -2.47. The number of carbonyl (C=O) groups excluding carboxylic acids is 4. The number of amides is 1. The molecular weight excluding hydrogens is 370 g/mol. The van der Waals surface area contributed by atoms with E-state index in [0.717, 1.165) is 0 Å². The summed E-state index contributed by atoms with van der Waals surface area (Å²) < 4.78 is 19.4. The number of esters is 3. The highest BCUT2D eigenvalue weighted by Crippen LogP contribution is 2.19. The van der Waals surface area contributed by atoms with Crippen molar-refractivity contribution in [1.29, 1.82) is 0 Å². The first-order valence-electron chi connectivity index (χ1n) is 8.59. The van der Waals surface area contributed by atoms with E-state index in [2.05, 4.69) is 14.8 Å². The van der Waals surface area contributed by atoms with Crippen LogP contribution in [-0.4, -0.2) is 57.8 Å². The first-order chi connectivity index (χ1) is 13.3. The number of methoxy groups -OCH3 is 3. The van der Waals surface area contributed by atoms with E-state index in [1.807, 2.05) is 13.8 Å². The lowest BCUT2D eigenvalue weighted by atomic mass is 9.99. The average Bonchev–Trinajstić information content (AvgIpc) is 2.73. The van der Waals surface area contributed by atoms with Gasteiger partial charge in [0.2, 0.25) is 0 Å². The fourth-order valence-electron chi connectivity index (χ4n) is 2.31. The van der Waals surface area contributed by atoms with Gasteiger partial charge in [-0.3, -0.25) is 4.79 Å². The van der Waals surface area contributed by atoms with Gasteiger partial charge >= 0.3 is 17.9 Å². The van der Waals surface area contributed by atoms with Gasteiger partial charge in [-0.1, -0.05) is 20.3 Å². The molecule has 0 radical (unpaired) electrons. The van der Waals surface area contributed by atoms with Gasteiger partial charge in [0.1, 0.15) is 11.8 Å². The molecule has 0 aliphatic carbocycles. The van der Waals surface area contributed by atoms with Crippen molar-refractivity contribution in [2.45, 2.75) is 26.3 Å². The molecule has 154 valence electrons. The third-order valence-electron chi connectivity index (χ3n) is 4.10. The molecule has 0 saturated heterocycles. The first-order valence-corrected chi connectivity index (χ1v) is 8.59. The third-order valence-corrected chi connectivity index (χ3v) is 4.10. The lowest BCUT2D eigenvalue weighted by molar-refractivity contribution is -0.146. The van der Waals surface area contributed by atoms with Crippen LogP contribution < -0.4 is 10.1 Å². The molecule has 0 aliphatic rings. The van der Waals surface area contributed by atoms with Crippen molar-refractivity contribution >= 4 is 23.8 Å². The molecule has 0 saturated carbocycles. The predicted octanol–water partition coefficient (Wildman–Crippen LogP) is 1.34. The third kappa shape index (κ3) is 6.26. The van der Waals surface area contributed by atoms with Crippen LogP contribution in [0.25, 0.3) is 0 Å². The fraction of sp³-hybridized carbons (Fsp3) is 0.474. The van der Waals surface area contributed by atoms with Crippen molar-refractivity contribution in [2.24, 2.45) is 5.92 Å². The Kier molecular flexibility index (Phi) is 8.94. The number of hydrogen-bond donors (Lipinski definition) is 1. The van der Waals surface area contributed by atoms with Crippen LogP contribution in [0.15, 0.2) is 18.2 Å². The standard InChI is InChI=1S/C19H25NO8/c1-6-11(2)16(19(24)27-5)20-15(21)10-28-14-8-12(17(22)25-3)7-13(9-14)18(23)26-4/h7-9,11,16H,6,10H2,1-5H3,(H,20,21)/t11-,16+/m1/s1. The maximum Gasteiger partial charge on any atom is 0.338 e. The van der Waals surface area contributed by atoms with Crippen LogP contribution in [0, 0.1) is 5.92 Å². The zero-order valence-electron chi connectivity index (χ0n) is 16.6. The minimum absolute atomic E-state index is 0.0628. The molecule has 0 aliphatic heterocycles. The van der Waals surface area contributed by atoms with Crippen molar-refractivity contribution in [3.63, 3.8) is 0 Å². The van der Waals surface area contributed by atoms with Crippen molar-refractivity contribution in [1.82, 2.24) is 5.32 Å². The minimum Gasteiger partial charge on any atom is -0.484 e. The van der Waals surface area contributed by atoms with Crippen LogP contribution in [0.3, 0.4) is 0 Å². The van der Waals surface area contributed by atoms with Crippen LogP contribution in [0.2, 0.25) is 0 Å². The summed E-state index contributed by atoms with van der Waals surface area (Å²) in [4.78, 5) is 47.6. The Balaban J connectivity index is 2.92. The largest absolute Gasteiger partial charge is 0.484 e. The molecule has 9 heteroatoms. The van der Waals surface area contributed by atoms with Gasteiger partial charge in [0.25, 0.3) is 5.91 Å². The Morgan fingerprint density at radius 2 is 1.46 bits per heavy atom. The SMILES string of the molecule is CC[C@@H](C)[C@H](NC(=O)COc1cc(C(=O)OC)cc(C(=O)OC)c1)C(=O)OC. The Hall–Kier alpha value is -3.10. The van der Waals surface area contributed by atoms with Crippen molar-refractivity contribution in [3.05, 3.63) is 29.3 Å². The van der Waals surface area contributed by atoms with Crippen LogP contribution in [0.4, 0.5) is 0 Å². The molecule has 0 unspecified atom stereocenters. The minimum atomic E-state index is -0.807. The molecule has 2 atom stereocenters. The van der Waals surface area contributed by atoms with Gasteiger partial charge < -0.3 is 24.3 Å². The van der Waals surface area contributed by atoms with Gasteiger partial charge in [-0.05, 0) is 24.1 Å². The second-order valence-electron chi connectivity index (χ2n) is 5.97. The van der Waals surface area contributed by atoms with E-state index in [1.54, 1.807) is 0 Å². The van der Waals surface area contributed by atoms with E-state index in [9.17, 15) is 19.2 Å². The Morgan fingerprint density at radius 1 is 0.929 bits per heavy atom. The van der Waals surface area contributed by atoms with Gasteiger partial charge in [0.05, 0.1) is 32.5 Å². The Labute approximate surface area is 163 Å².